The van der Waals surface area contributed by atoms with Crippen molar-refractivity contribution in [3.05, 3.63) is 55.1 Å². The molecule has 2 nitrogen and oxygen atoms in total. The molecule has 84 valence electrons. The fraction of sp³-hybridized carbons (Fsp3) is 0.214. The Bertz CT molecular complexity index is 385. The number of benzene rings is 1. The third-order valence-corrected chi connectivity index (χ3v) is 2.32. The van der Waals surface area contributed by atoms with Gasteiger partial charge in [-0.25, -0.2) is 0 Å². The molecule has 1 rings (SSSR count). The lowest BCUT2D eigenvalue weighted by atomic mass is 10.1. The number of para-hydroxylation sites is 1. The third kappa shape index (κ3) is 2.83. The first-order valence-corrected chi connectivity index (χ1v) is 5.27. The largest absolute Gasteiger partial charge is 0.364 e. The maximum absolute atomic E-state index is 11.5. The SMILES string of the molecule is C=CCN(CC=C)c1ccccc1C(C)=O. The van der Waals surface area contributed by atoms with Gasteiger partial charge in [-0.15, -0.1) is 13.2 Å². The van der Waals surface area contributed by atoms with Gasteiger partial charge in [0, 0.05) is 24.3 Å². The Morgan fingerprint density at radius 3 is 2.31 bits per heavy atom. The standard InChI is InChI=1S/C14H17NO/c1-4-10-15(11-5-2)14-9-7-6-8-13(14)12(3)16/h4-9H,1-2,10-11H2,3H3. The highest BCUT2D eigenvalue weighted by atomic mass is 16.1. The summed E-state index contributed by atoms with van der Waals surface area (Å²) in [4.78, 5) is 13.6. The van der Waals surface area contributed by atoms with Gasteiger partial charge in [-0.05, 0) is 19.1 Å². The molecular weight excluding hydrogens is 198 g/mol. The van der Waals surface area contributed by atoms with Crippen LogP contribution in [0.1, 0.15) is 17.3 Å². The molecule has 0 amide bonds. The smallest absolute Gasteiger partial charge is 0.161 e. The van der Waals surface area contributed by atoms with Gasteiger partial charge in [0.15, 0.2) is 5.78 Å². The molecule has 0 atom stereocenters. The Morgan fingerprint density at radius 1 is 1.25 bits per heavy atom. The van der Waals surface area contributed by atoms with Gasteiger partial charge in [0.25, 0.3) is 0 Å². The van der Waals surface area contributed by atoms with Gasteiger partial charge in [-0.1, -0.05) is 24.3 Å². The highest BCUT2D eigenvalue weighted by Gasteiger charge is 2.11. The van der Waals surface area contributed by atoms with Gasteiger partial charge in [0.1, 0.15) is 0 Å². The fourth-order valence-electron chi connectivity index (χ4n) is 1.63. The average molecular weight is 215 g/mol. The summed E-state index contributed by atoms with van der Waals surface area (Å²) in [5.74, 6) is 0.0775. The van der Waals surface area contributed by atoms with Crippen molar-refractivity contribution >= 4 is 11.5 Å². The van der Waals surface area contributed by atoms with E-state index < -0.39 is 0 Å². The molecule has 1 aromatic carbocycles. The zero-order valence-electron chi connectivity index (χ0n) is 9.65. The van der Waals surface area contributed by atoms with Crippen LogP contribution in [0.15, 0.2) is 49.6 Å². The van der Waals surface area contributed by atoms with Crippen molar-refractivity contribution in [2.75, 3.05) is 18.0 Å². The zero-order valence-corrected chi connectivity index (χ0v) is 9.65. The Balaban J connectivity index is 3.11. The minimum Gasteiger partial charge on any atom is -0.364 e. The number of anilines is 1. The van der Waals surface area contributed by atoms with Crippen molar-refractivity contribution in [1.82, 2.24) is 0 Å². The van der Waals surface area contributed by atoms with Gasteiger partial charge in [-0.3, -0.25) is 4.79 Å². The van der Waals surface area contributed by atoms with E-state index in [2.05, 4.69) is 18.1 Å². The van der Waals surface area contributed by atoms with E-state index in [0.717, 1.165) is 11.3 Å². The lowest BCUT2D eigenvalue weighted by Gasteiger charge is -2.23. The first-order chi connectivity index (χ1) is 7.70. The molecular formula is C14H17NO. The molecule has 0 aromatic heterocycles. The second-order valence-corrected chi connectivity index (χ2v) is 3.56. The predicted octanol–water partition coefficient (Wildman–Crippen LogP) is 3.07. The molecule has 0 aliphatic rings. The Morgan fingerprint density at radius 2 is 1.81 bits per heavy atom. The second-order valence-electron chi connectivity index (χ2n) is 3.56. The van der Waals surface area contributed by atoms with E-state index >= 15 is 0 Å². The van der Waals surface area contributed by atoms with Crippen LogP contribution < -0.4 is 4.90 Å². The molecule has 0 saturated heterocycles. The number of nitrogens with zero attached hydrogens (tertiary/aromatic N) is 1. The van der Waals surface area contributed by atoms with Crippen molar-refractivity contribution in [3.63, 3.8) is 0 Å². The Labute approximate surface area is 96.9 Å². The monoisotopic (exact) mass is 215 g/mol. The van der Waals surface area contributed by atoms with E-state index in [0.29, 0.717) is 13.1 Å². The molecule has 0 fully saturated rings. The summed E-state index contributed by atoms with van der Waals surface area (Å²) in [6, 6.07) is 7.60. The summed E-state index contributed by atoms with van der Waals surface area (Å²) in [6.07, 6.45) is 3.64. The predicted molar refractivity (Wildman–Crippen MR) is 69.1 cm³/mol. The van der Waals surface area contributed by atoms with Crippen LogP contribution in [0.5, 0.6) is 0 Å². The average Bonchev–Trinajstić information content (AvgIpc) is 2.29. The van der Waals surface area contributed by atoms with Crippen LogP contribution in [-0.4, -0.2) is 18.9 Å². The van der Waals surface area contributed by atoms with Gasteiger partial charge in [-0.2, -0.15) is 0 Å². The molecule has 0 spiro atoms. The number of ketones is 1. The second kappa shape index (κ2) is 5.91. The van der Waals surface area contributed by atoms with Crippen molar-refractivity contribution in [3.8, 4) is 0 Å². The lowest BCUT2D eigenvalue weighted by Crippen LogP contribution is -2.24. The molecule has 0 saturated carbocycles. The van der Waals surface area contributed by atoms with Gasteiger partial charge < -0.3 is 4.90 Å². The summed E-state index contributed by atoms with van der Waals surface area (Å²) >= 11 is 0. The summed E-state index contributed by atoms with van der Waals surface area (Å²) in [5.41, 5.74) is 1.68. The topological polar surface area (TPSA) is 20.3 Å². The molecule has 0 heterocycles. The molecule has 0 aliphatic carbocycles. The minimum absolute atomic E-state index is 0.0775. The number of carbonyl (C=O) groups excluding carboxylic acids is 1. The Kier molecular flexibility index (Phi) is 4.52. The van der Waals surface area contributed by atoms with E-state index in [1.54, 1.807) is 6.92 Å². The van der Waals surface area contributed by atoms with Crippen LogP contribution in [0.4, 0.5) is 5.69 Å². The molecule has 0 N–H and O–H groups in total. The van der Waals surface area contributed by atoms with E-state index in [1.165, 1.54) is 0 Å². The molecule has 0 radical (unpaired) electrons. The van der Waals surface area contributed by atoms with Crippen LogP contribution in [-0.2, 0) is 0 Å². The van der Waals surface area contributed by atoms with E-state index in [-0.39, 0.29) is 5.78 Å². The van der Waals surface area contributed by atoms with Gasteiger partial charge >= 0.3 is 0 Å². The highest BCUT2D eigenvalue weighted by molar-refractivity contribution is 5.99. The summed E-state index contributed by atoms with van der Waals surface area (Å²) in [6.45, 7) is 10.4. The number of carbonyl (C=O) groups is 1. The van der Waals surface area contributed by atoms with Crippen LogP contribution in [0.25, 0.3) is 0 Å². The fourth-order valence-corrected chi connectivity index (χ4v) is 1.63. The van der Waals surface area contributed by atoms with E-state index in [1.807, 2.05) is 36.4 Å². The maximum Gasteiger partial charge on any atom is 0.161 e. The van der Waals surface area contributed by atoms with Crippen LogP contribution in [0.3, 0.4) is 0 Å². The van der Waals surface area contributed by atoms with Crippen molar-refractivity contribution in [2.45, 2.75) is 6.92 Å². The van der Waals surface area contributed by atoms with Crippen LogP contribution in [0.2, 0.25) is 0 Å². The molecule has 2 heteroatoms. The third-order valence-electron chi connectivity index (χ3n) is 2.32. The first-order valence-electron chi connectivity index (χ1n) is 5.27. The minimum atomic E-state index is 0.0775. The van der Waals surface area contributed by atoms with Gasteiger partial charge in [0.2, 0.25) is 0 Å². The highest BCUT2D eigenvalue weighted by Crippen LogP contribution is 2.20. The quantitative estimate of drug-likeness (QED) is 0.537. The van der Waals surface area contributed by atoms with Crippen molar-refractivity contribution < 1.29 is 4.79 Å². The van der Waals surface area contributed by atoms with Crippen molar-refractivity contribution in [2.24, 2.45) is 0 Å². The number of hydrogen-bond donors (Lipinski definition) is 0. The summed E-state index contributed by atoms with van der Waals surface area (Å²) in [5, 5.41) is 0. The van der Waals surface area contributed by atoms with E-state index in [9.17, 15) is 4.79 Å². The number of hydrogen-bond acceptors (Lipinski definition) is 2. The molecule has 0 aliphatic heterocycles. The number of Topliss-reactive ketones (excluding diaryl/α,β-unsaturated/α-hetero) is 1. The first kappa shape index (κ1) is 12.2. The zero-order chi connectivity index (χ0) is 12.0. The van der Waals surface area contributed by atoms with Gasteiger partial charge in [0.05, 0.1) is 0 Å². The molecule has 0 unspecified atom stereocenters. The molecule has 0 bridgehead atoms. The normalized spacial score (nSPS) is 9.56. The summed E-state index contributed by atoms with van der Waals surface area (Å²) in [7, 11) is 0. The van der Waals surface area contributed by atoms with Crippen molar-refractivity contribution in [1.29, 1.82) is 0 Å². The summed E-state index contributed by atoms with van der Waals surface area (Å²) < 4.78 is 0. The Hall–Kier alpha value is -1.83. The van der Waals surface area contributed by atoms with Crippen LogP contribution in [0, 0.1) is 0 Å². The maximum atomic E-state index is 11.5. The van der Waals surface area contributed by atoms with E-state index in [4.69, 9.17) is 0 Å². The van der Waals surface area contributed by atoms with Crippen LogP contribution >= 0.6 is 0 Å². The molecule has 1 aromatic rings. The molecule has 16 heavy (non-hydrogen) atoms. The lowest BCUT2D eigenvalue weighted by molar-refractivity contribution is 0.101. The number of rotatable bonds is 6.